The summed E-state index contributed by atoms with van der Waals surface area (Å²) in [6, 6.07) is 1.79. The highest BCUT2D eigenvalue weighted by Gasteiger charge is 2.16. The number of hydrogen-bond donors (Lipinski definition) is 1. The zero-order valence-electron chi connectivity index (χ0n) is 8.32. The van der Waals surface area contributed by atoms with Crippen LogP contribution < -0.4 is 4.74 Å². The molecule has 0 amide bonds. The maximum Gasteiger partial charge on any atom is 0.387 e. The standard InChI is InChI=1S/C10H7F3O4/c11-9-6(4-14)1-5(3-8(15)16)2-7(9)17-10(12)13/h1-2,4,10H,3H2,(H,15,16). The number of benzene rings is 1. The van der Waals surface area contributed by atoms with Gasteiger partial charge in [0.05, 0.1) is 12.0 Å². The molecule has 0 saturated carbocycles. The van der Waals surface area contributed by atoms with E-state index in [1.165, 1.54) is 0 Å². The first-order valence-electron chi connectivity index (χ1n) is 4.38. The highest BCUT2D eigenvalue weighted by Crippen LogP contribution is 2.24. The van der Waals surface area contributed by atoms with Crippen LogP contribution in [0.2, 0.25) is 0 Å². The molecule has 0 aromatic heterocycles. The molecule has 0 aliphatic carbocycles. The average molecular weight is 248 g/mol. The van der Waals surface area contributed by atoms with Gasteiger partial charge in [0, 0.05) is 0 Å². The molecule has 17 heavy (non-hydrogen) atoms. The number of alkyl halides is 2. The predicted octanol–water partition coefficient (Wildman–Crippen LogP) is 1.87. The van der Waals surface area contributed by atoms with Crippen LogP contribution in [0.1, 0.15) is 15.9 Å². The Morgan fingerprint density at radius 3 is 2.59 bits per heavy atom. The van der Waals surface area contributed by atoms with E-state index in [-0.39, 0.29) is 11.8 Å². The maximum absolute atomic E-state index is 13.3. The van der Waals surface area contributed by atoms with Crippen molar-refractivity contribution in [1.29, 1.82) is 0 Å². The molecule has 1 aromatic rings. The molecule has 0 aliphatic heterocycles. The first-order valence-corrected chi connectivity index (χ1v) is 4.38. The van der Waals surface area contributed by atoms with Crippen LogP contribution in [0.3, 0.4) is 0 Å². The summed E-state index contributed by atoms with van der Waals surface area (Å²) < 4.78 is 41.0. The van der Waals surface area contributed by atoms with Gasteiger partial charge >= 0.3 is 12.6 Å². The number of aliphatic carboxylic acids is 1. The summed E-state index contributed by atoms with van der Waals surface area (Å²) >= 11 is 0. The molecule has 1 N–H and O–H groups in total. The van der Waals surface area contributed by atoms with Crippen molar-refractivity contribution >= 4 is 12.3 Å². The highest BCUT2D eigenvalue weighted by molar-refractivity contribution is 5.78. The molecule has 1 aromatic carbocycles. The first kappa shape index (κ1) is 13.0. The number of rotatable bonds is 5. The van der Waals surface area contributed by atoms with E-state index in [1.54, 1.807) is 0 Å². The third kappa shape index (κ3) is 3.47. The van der Waals surface area contributed by atoms with Crippen LogP contribution in [0.4, 0.5) is 13.2 Å². The Kier molecular flexibility index (Phi) is 4.08. The lowest BCUT2D eigenvalue weighted by Crippen LogP contribution is -2.08. The summed E-state index contributed by atoms with van der Waals surface area (Å²) in [5, 5.41) is 8.50. The van der Waals surface area contributed by atoms with Gasteiger partial charge in [-0.3, -0.25) is 9.59 Å². The van der Waals surface area contributed by atoms with Crippen molar-refractivity contribution in [3.8, 4) is 5.75 Å². The Hall–Kier alpha value is -2.05. The summed E-state index contributed by atoms with van der Waals surface area (Å²) in [5.74, 6) is -3.33. The lowest BCUT2D eigenvalue weighted by atomic mass is 10.1. The minimum Gasteiger partial charge on any atom is -0.481 e. The van der Waals surface area contributed by atoms with Gasteiger partial charge in [-0.05, 0) is 17.7 Å². The van der Waals surface area contributed by atoms with Crippen LogP contribution in [0.5, 0.6) is 5.75 Å². The quantitative estimate of drug-likeness (QED) is 0.808. The van der Waals surface area contributed by atoms with Crippen LogP contribution in [-0.4, -0.2) is 24.0 Å². The molecule has 0 fully saturated rings. The fourth-order valence-corrected chi connectivity index (χ4v) is 1.22. The molecular formula is C10H7F3O4. The number of aldehydes is 1. The number of halogens is 3. The van der Waals surface area contributed by atoms with E-state index in [4.69, 9.17) is 5.11 Å². The van der Waals surface area contributed by atoms with E-state index in [9.17, 15) is 22.8 Å². The largest absolute Gasteiger partial charge is 0.481 e. The van der Waals surface area contributed by atoms with Gasteiger partial charge in [0.1, 0.15) is 0 Å². The van der Waals surface area contributed by atoms with Crippen molar-refractivity contribution in [3.05, 3.63) is 29.1 Å². The van der Waals surface area contributed by atoms with Gasteiger partial charge in [-0.2, -0.15) is 8.78 Å². The van der Waals surface area contributed by atoms with Crippen LogP contribution in [0.25, 0.3) is 0 Å². The number of ether oxygens (including phenoxy) is 1. The SMILES string of the molecule is O=Cc1cc(CC(=O)O)cc(OC(F)F)c1F. The van der Waals surface area contributed by atoms with Gasteiger partial charge in [-0.15, -0.1) is 0 Å². The number of carboxylic acids is 1. The Balaban J connectivity index is 3.17. The molecule has 4 nitrogen and oxygen atoms in total. The molecule has 0 saturated heterocycles. The van der Waals surface area contributed by atoms with Crippen LogP contribution in [0, 0.1) is 5.82 Å². The smallest absolute Gasteiger partial charge is 0.387 e. The van der Waals surface area contributed by atoms with Crippen molar-refractivity contribution in [2.24, 2.45) is 0 Å². The van der Waals surface area contributed by atoms with Crippen molar-refractivity contribution in [3.63, 3.8) is 0 Å². The second-order valence-corrected chi connectivity index (χ2v) is 3.06. The fourth-order valence-electron chi connectivity index (χ4n) is 1.22. The molecule has 92 valence electrons. The second-order valence-electron chi connectivity index (χ2n) is 3.06. The van der Waals surface area contributed by atoms with Crippen LogP contribution in [-0.2, 0) is 11.2 Å². The molecule has 0 radical (unpaired) electrons. The number of hydrogen-bond acceptors (Lipinski definition) is 3. The molecule has 7 heteroatoms. The lowest BCUT2D eigenvalue weighted by Gasteiger charge is -2.09. The normalized spacial score (nSPS) is 10.4. The average Bonchev–Trinajstić information content (AvgIpc) is 2.21. The van der Waals surface area contributed by atoms with E-state index in [0.29, 0.717) is 0 Å². The predicted molar refractivity (Wildman–Crippen MR) is 49.8 cm³/mol. The summed E-state index contributed by atoms with van der Waals surface area (Å²) in [5.41, 5.74) is -0.531. The number of carbonyl (C=O) groups excluding carboxylic acids is 1. The van der Waals surface area contributed by atoms with Gasteiger partial charge in [0.2, 0.25) is 0 Å². The molecule has 0 unspecified atom stereocenters. The van der Waals surface area contributed by atoms with E-state index in [2.05, 4.69) is 4.74 Å². The monoisotopic (exact) mass is 248 g/mol. The molecule has 1 rings (SSSR count). The first-order chi connectivity index (χ1) is 7.93. The topological polar surface area (TPSA) is 63.6 Å². The Morgan fingerprint density at radius 2 is 2.12 bits per heavy atom. The number of carboxylic acid groups (broad SMARTS) is 1. The van der Waals surface area contributed by atoms with Gasteiger partial charge in [-0.1, -0.05) is 0 Å². The maximum atomic E-state index is 13.3. The minimum atomic E-state index is -3.26. The molecule has 0 spiro atoms. The summed E-state index contributed by atoms with van der Waals surface area (Å²) in [6.07, 6.45) is -0.431. The summed E-state index contributed by atoms with van der Waals surface area (Å²) in [6.45, 7) is -3.26. The zero-order chi connectivity index (χ0) is 13.0. The van der Waals surface area contributed by atoms with Gasteiger partial charge in [-0.25, -0.2) is 4.39 Å². The fraction of sp³-hybridized carbons (Fsp3) is 0.200. The Morgan fingerprint density at radius 1 is 1.47 bits per heavy atom. The third-order valence-electron chi connectivity index (χ3n) is 1.83. The van der Waals surface area contributed by atoms with Gasteiger partial charge in [0.15, 0.2) is 17.9 Å². The van der Waals surface area contributed by atoms with Gasteiger partial charge in [0.25, 0.3) is 0 Å². The van der Waals surface area contributed by atoms with E-state index >= 15 is 0 Å². The lowest BCUT2D eigenvalue weighted by molar-refractivity contribution is -0.136. The highest BCUT2D eigenvalue weighted by atomic mass is 19.3. The summed E-state index contributed by atoms with van der Waals surface area (Å²) in [4.78, 5) is 20.9. The van der Waals surface area contributed by atoms with Crippen molar-refractivity contribution in [2.75, 3.05) is 0 Å². The molecule has 0 aliphatic rings. The summed E-state index contributed by atoms with van der Waals surface area (Å²) in [7, 11) is 0. The zero-order valence-corrected chi connectivity index (χ0v) is 8.32. The molecule has 0 atom stereocenters. The van der Waals surface area contributed by atoms with E-state index < -0.39 is 36.1 Å². The second kappa shape index (κ2) is 5.33. The van der Waals surface area contributed by atoms with Crippen LogP contribution >= 0.6 is 0 Å². The minimum absolute atomic E-state index is 0.00310. The van der Waals surface area contributed by atoms with E-state index in [1.807, 2.05) is 0 Å². The van der Waals surface area contributed by atoms with Crippen molar-refractivity contribution in [2.45, 2.75) is 13.0 Å². The van der Waals surface area contributed by atoms with Gasteiger partial charge < -0.3 is 9.84 Å². The molecule has 0 heterocycles. The van der Waals surface area contributed by atoms with Crippen molar-refractivity contribution in [1.82, 2.24) is 0 Å². The molecule has 0 bridgehead atoms. The van der Waals surface area contributed by atoms with Crippen LogP contribution in [0.15, 0.2) is 12.1 Å². The van der Waals surface area contributed by atoms with E-state index in [0.717, 1.165) is 12.1 Å². The van der Waals surface area contributed by atoms with Crippen molar-refractivity contribution < 1.29 is 32.6 Å². The Labute approximate surface area is 93.6 Å². The molecular weight excluding hydrogens is 241 g/mol. The Bertz CT molecular complexity index is 445. The number of carbonyl (C=O) groups is 2. The third-order valence-corrected chi connectivity index (χ3v) is 1.83.